The minimum Gasteiger partial charge on any atom is -0.311 e. The van der Waals surface area contributed by atoms with Gasteiger partial charge in [-0.05, 0) is 89.0 Å². The van der Waals surface area contributed by atoms with Crippen molar-refractivity contribution >= 4 is 44.3 Å². The van der Waals surface area contributed by atoms with Crippen LogP contribution in [0.2, 0.25) is 0 Å². The number of benzene rings is 7. The van der Waals surface area contributed by atoms with Crippen LogP contribution in [0.3, 0.4) is 0 Å². The van der Waals surface area contributed by atoms with Gasteiger partial charge in [-0.1, -0.05) is 146 Å². The summed E-state index contributed by atoms with van der Waals surface area (Å²) in [5.41, 5.74) is 13.5. The number of nitrogens with zero attached hydrogens (tertiary/aromatic N) is 2. The van der Waals surface area contributed by atoms with Gasteiger partial charge < -0.3 is 9.47 Å². The summed E-state index contributed by atoms with van der Waals surface area (Å²) in [6.07, 6.45) is 6.82. The normalized spacial score (nSPS) is 14.5. The van der Waals surface area contributed by atoms with Gasteiger partial charge in [-0.25, -0.2) is 0 Å². The van der Waals surface area contributed by atoms with E-state index in [0.717, 1.165) is 29.9 Å². The molecule has 0 unspecified atom stereocenters. The van der Waals surface area contributed by atoms with Crippen molar-refractivity contribution in [2.75, 3.05) is 4.90 Å². The summed E-state index contributed by atoms with van der Waals surface area (Å²) in [7, 11) is 0. The molecule has 2 aliphatic rings. The highest BCUT2D eigenvalue weighted by Crippen LogP contribution is 2.60. The molecule has 2 aliphatic carbocycles. The predicted molar refractivity (Wildman–Crippen MR) is 214 cm³/mol. The molecule has 2 nitrogen and oxygen atoms in total. The van der Waals surface area contributed by atoms with Gasteiger partial charge >= 0.3 is 0 Å². The Morgan fingerprint density at radius 3 is 1.88 bits per heavy atom. The molecule has 1 heterocycles. The van der Waals surface area contributed by atoms with Gasteiger partial charge in [0.15, 0.2) is 0 Å². The van der Waals surface area contributed by atoms with E-state index in [9.17, 15) is 0 Å². The van der Waals surface area contributed by atoms with Gasteiger partial charge in [-0.3, -0.25) is 0 Å². The van der Waals surface area contributed by atoms with Crippen LogP contribution in [-0.4, -0.2) is 4.57 Å². The van der Waals surface area contributed by atoms with Crippen molar-refractivity contribution in [2.45, 2.75) is 18.3 Å². The molecule has 0 atom stereocenters. The summed E-state index contributed by atoms with van der Waals surface area (Å²) in [6, 6.07) is 66.6. The number of aromatic nitrogens is 1. The lowest BCUT2D eigenvalue weighted by molar-refractivity contribution is 0.662. The molecule has 51 heavy (non-hydrogen) atoms. The highest BCUT2D eigenvalue weighted by atomic mass is 15.1. The molecule has 8 aromatic rings. The van der Waals surface area contributed by atoms with Gasteiger partial charge in [-0.2, -0.15) is 0 Å². The fraction of sp³-hybridized carbons (Fsp3) is 0.0612. The standard InChI is InChI=1S/C49H36N2/c1-5-20-36(21-6-1)49(37-22-7-2-8-23-37)44-30-16-15-29-42(44)47-43-34-40(32-33-46(43)51(48(47)49)39-26-11-4-12-27-39)50(38-24-9-3-10-25-38)45-31-17-19-35-18-13-14-28-41(35)45/h1-15,17-29,31-34H,16,30H2. The number of allylic oxidation sites excluding steroid dienone is 4. The van der Waals surface area contributed by atoms with Gasteiger partial charge in [0.1, 0.15) is 0 Å². The number of hydrogen-bond acceptors (Lipinski definition) is 1. The second-order valence-electron chi connectivity index (χ2n) is 13.6. The van der Waals surface area contributed by atoms with Crippen molar-refractivity contribution in [3.63, 3.8) is 0 Å². The van der Waals surface area contributed by atoms with Crippen LogP contribution in [-0.2, 0) is 5.41 Å². The Hall–Kier alpha value is -6.38. The van der Waals surface area contributed by atoms with E-state index < -0.39 is 5.41 Å². The summed E-state index contributed by atoms with van der Waals surface area (Å²) in [4.78, 5) is 2.43. The van der Waals surface area contributed by atoms with Crippen LogP contribution in [0.15, 0.2) is 200 Å². The first-order valence-corrected chi connectivity index (χ1v) is 17.9. The van der Waals surface area contributed by atoms with Crippen LogP contribution in [0.25, 0.3) is 32.9 Å². The molecule has 0 radical (unpaired) electrons. The molecule has 0 fully saturated rings. The van der Waals surface area contributed by atoms with Crippen LogP contribution >= 0.6 is 0 Å². The fourth-order valence-electron chi connectivity index (χ4n) is 8.89. The molecule has 242 valence electrons. The summed E-state index contributed by atoms with van der Waals surface area (Å²) >= 11 is 0. The van der Waals surface area contributed by atoms with Gasteiger partial charge in [-0.15, -0.1) is 0 Å². The summed E-state index contributed by atoms with van der Waals surface area (Å²) in [6.45, 7) is 0. The maximum Gasteiger partial charge on any atom is 0.0833 e. The van der Waals surface area contributed by atoms with E-state index in [-0.39, 0.29) is 0 Å². The zero-order valence-corrected chi connectivity index (χ0v) is 28.3. The second kappa shape index (κ2) is 11.9. The fourth-order valence-corrected chi connectivity index (χ4v) is 8.89. The molecule has 1 aromatic heterocycles. The zero-order valence-electron chi connectivity index (χ0n) is 28.3. The van der Waals surface area contributed by atoms with E-state index in [2.05, 4.69) is 204 Å². The van der Waals surface area contributed by atoms with Crippen LogP contribution in [0.4, 0.5) is 17.1 Å². The van der Waals surface area contributed by atoms with E-state index >= 15 is 0 Å². The maximum atomic E-state index is 2.56. The highest BCUT2D eigenvalue weighted by molar-refractivity contribution is 6.07. The monoisotopic (exact) mass is 652 g/mol. The summed E-state index contributed by atoms with van der Waals surface area (Å²) in [5.74, 6) is 0. The Labute approximate surface area is 298 Å². The number of fused-ring (bicyclic) bond motifs is 5. The second-order valence-corrected chi connectivity index (χ2v) is 13.6. The van der Waals surface area contributed by atoms with E-state index in [1.54, 1.807) is 0 Å². The smallest absolute Gasteiger partial charge is 0.0833 e. The van der Waals surface area contributed by atoms with Crippen LogP contribution in [0.5, 0.6) is 0 Å². The lowest BCUT2D eigenvalue weighted by Gasteiger charge is -2.37. The average molecular weight is 653 g/mol. The van der Waals surface area contributed by atoms with Gasteiger partial charge in [0.25, 0.3) is 0 Å². The van der Waals surface area contributed by atoms with Crippen LogP contribution in [0, 0.1) is 0 Å². The van der Waals surface area contributed by atoms with Crippen molar-refractivity contribution in [3.05, 3.63) is 222 Å². The molecule has 0 saturated carbocycles. The van der Waals surface area contributed by atoms with E-state index in [4.69, 9.17) is 0 Å². The summed E-state index contributed by atoms with van der Waals surface area (Å²) < 4.78 is 2.56. The molecule has 7 aromatic carbocycles. The molecule has 0 spiro atoms. The Bertz CT molecular complexity index is 2570. The Morgan fingerprint density at radius 1 is 0.529 bits per heavy atom. The first kappa shape index (κ1) is 29.5. The lowest BCUT2D eigenvalue weighted by atomic mass is 9.67. The maximum absolute atomic E-state index is 2.56. The van der Waals surface area contributed by atoms with Gasteiger partial charge in [0.2, 0.25) is 0 Å². The molecular weight excluding hydrogens is 617 g/mol. The molecule has 0 bridgehead atoms. The van der Waals surface area contributed by atoms with Gasteiger partial charge in [0, 0.05) is 33.4 Å². The minimum atomic E-state index is -0.457. The third kappa shape index (κ3) is 4.43. The third-order valence-electron chi connectivity index (χ3n) is 10.9. The first-order chi connectivity index (χ1) is 25.3. The molecule has 0 amide bonds. The van der Waals surface area contributed by atoms with E-state index in [1.165, 1.54) is 60.9 Å². The Kier molecular flexibility index (Phi) is 6.89. The molecule has 2 heteroatoms. The topological polar surface area (TPSA) is 8.17 Å². The largest absolute Gasteiger partial charge is 0.311 e. The highest BCUT2D eigenvalue weighted by Gasteiger charge is 2.51. The Morgan fingerprint density at radius 2 is 1.16 bits per heavy atom. The van der Waals surface area contributed by atoms with Crippen molar-refractivity contribution in [3.8, 4) is 5.69 Å². The molecule has 10 rings (SSSR count). The van der Waals surface area contributed by atoms with Crippen LogP contribution in [0.1, 0.15) is 35.2 Å². The minimum absolute atomic E-state index is 0.457. The number of rotatable bonds is 6. The van der Waals surface area contributed by atoms with Crippen molar-refractivity contribution in [1.29, 1.82) is 0 Å². The molecule has 0 saturated heterocycles. The third-order valence-corrected chi connectivity index (χ3v) is 10.9. The van der Waals surface area contributed by atoms with Gasteiger partial charge in [0.05, 0.1) is 22.3 Å². The molecule has 0 aliphatic heterocycles. The number of anilines is 3. The van der Waals surface area contributed by atoms with Crippen molar-refractivity contribution in [2.24, 2.45) is 0 Å². The number of hydrogen-bond donors (Lipinski definition) is 0. The quantitative estimate of drug-likeness (QED) is 0.174. The van der Waals surface area contributed by atoms with Crippen LogP contribution < -0.4 is 4.90 Å². The average Bonchev–Trinajstić information content (AvgIpc) is 3.70. The Balaban J connectivity index is 1.34. The van der Waals surface area contributed by atoms with E-state index in [0.29, 0.717) is 0 Å². The zero-order chi connectivity index (χ0) is 33.8. The molecule has 0 N–H and O–H groups in total. The predicted octanol–water partition coefficient (Wildman–Crippen LogP) is 12.7. The molecular formula is C49H36N2. The number of para-hydroxylation sites is 2. The summed E-state index contributed by atoms with van der Waals surface area (Å²) in [5, 5.41) is 3.72. The first-order valence-electron chi connectivity index (χ1n) is 17.9. The van der Waals surface area contributed by atoms with Crippen molar-refractivity contribution in [1.82, 2.24) is 4.57 Å². The SMILES string of the molecule is C1=CC2=C(CC1)C(c1ccccc1)(c1ccccc1)c1c2c2cc(N(c3ccccc3)c3cccc4ccccc34)ccc2n1-c1ccccc1. The lowest BCUT2D eigenvalue weighted by Crippen LogP contribution is -2.32. The van der Waals surface area contributed by atoms with Crippen molar-refractivity contribution < 1.29 is 0 Å². The van der Waals surface area contributed by atoms with E-state index in [1.807, 2.05) is 0 Å².